The summed E-state index contributed by atoms with van der Waals surface area (Å²) in [5.74, 6) is 1.73. The van der Waals surface area contributed by atoms with Crippen molar-refractivity contribution >= 4 is 17.7 Å². The molecule has 1 aromatic carbocycles. The van der Waals surface area contributed by atoms with E-state index in [1.165, 1.54) is 31.0 Å². The molecule has 0 saturated heterocycles. The molecule has 23 heavy (non-hydrogen) atoms. The molecule has 0 spiro atoms. The van der Waals surface area contributed by atoms with E-state index < -0.39 is 0 Å². The minimum Gasteiger partial charge on any atom is -0.352 e. The van der Waals surface area contributed by atoms with Crippen LogP contribution < -0.4 is 5.32 Å². The van der Waals surface area contributed by atoms with Crippen LogP contribution in [-0.4, -0.2) is 32.9 Å². The van der Waals surface area contributed by atoms with Gasteiger partial charge in [-0.3, -0.25) is 9.89 Å². The number of nitrogens with zero attached hydrogens (tertiary/aromatic N) is 2. The van der Waals surface area contributed by atoms with Crippen molar-refractivity contribution < 1.29 is 4.79 Å². The Kier molecular flexibility index (Phi) is 5.33. The molecule has 0 bridgehead atoms. The maximum absolute atomic E-state index is 12.1. The molecule has 1 aromatic heterocycles. The zero-order valence-corrected chi connectivity index (χ0v) is 14.1. The summed E-state index contributed by atoms with van der Waals surface area (Å²) in [6, 6.07) is 10.2. The number of H-pyrrole nitrogens is 1. The molecule has 6 heteroatoms. The molecule has 0 unspecified atom stereocenters. The van der Waals surface area contributed by atoms with Crippen LogP contribution in [0.25, 0.3) is 11.4 Å². The van der Waals surface area contributed by atoms with E-state index in [0.29, 0.717) is 22.9 Å². The minimum absolute atomic E-state index is 0.0693. The van der Waals surface area contributed by atoms with E-state index in [1.54, 1.807) is 0 Å². The Morgan fingerprint density at radius 2 is 2.09 bits per heavy atom. The lowest BCUT2D eigenvalue weighted by Gasteiger charge is -2.29. The van der Waals surface area contributed by atoms with E-state index in [0.717, 1.165) is 17.8 Å². The van der Waals surface area contributed by atoms with Gasteiger partial charge in [-0.15, -0.1) is 5.10 Å². The monoisotopic (exact) mass is 330 g/mol. The Bertz CT molecular complexity index is 643. The number of benzene rings is 1. The van der Waals surface area contributed by atoms with Crippen molar-refractivity contribution in [3.05, 3.63) is 30.3 Å². The molecule has 1 fully saturated rings. The summed E-state index contributed by atoms with van der Waals surface area (Å²) in [6.07, 6.45) is 4.79. The van der Waals surface area contributed by atoms with Crippen molar-refractivity contribution in [1.82, 2.24) is 20.5 Å². The number of hydrogen-bond donors (Lipinski definition) is 2. The van der Waals surface area contributed by atoms with Crippen molar-refractivity contribution in [2.75, 3.05) is 5.75 Å². The van der Waals surface area contributed by atoms with Gasteiger partial charge < -0.3 is 5.32 Å². The van der Waals surface area contributed by atoms with Crippen molar-refractivity contribution in [1.29, 1.82) is 0 Å². The zero-order chi connectivity index (χ0) is 16.1. The number of aromatic amines is 1. The van der Waals surface area contributed by atoms with Crippen LogP contribution in [0, 0.1) is 5.92 Å². The maximum atomic E-state index is 12.1. The van der Waals surface area contributed by atoms with Crippen molar-refractivity contribution in [2.45, 2.75) is 43.8 Å². The topological polar surface area (TPSA) is 70.7 Å². The van der Waals surface area contributed by atoms with Crippen LogP contribution in [0.4, 0.5) is 0 Å². The number of aromatic nitrogens is 3. The summed E-state index contributed by atoms with van der Waals surface area (Å²) >= 11 is 1.37. The molecule has 3 rings (SSSR count). The molecule has 1 saturated carbocycles. The van der Waals surface area contributed by atoms with Crippen LogP contribution >= 0.6 is 11.8 Å². The predicted molar refractivity (Wildman–Crippen MR) is 92.1 cm³/mol. The fourth-order valence-corrected chi connectivity index (χ4v) is 3.55. The molecular formula is C17H22N4OS. The number of carbonyl (C=O) groups excluding carboxylic acids is 1. The first-order chi connectivity index (χ1) is 11.2. The lowest BCUT2D eigenvalue weighted by atomic mass is 9.86. The molecule has 122 valence electrons. The quantitative estimate of drug-likeness (QED) is 0.826. The molecule has 0 aliphatic heterocycles. The first-order valence-corrected chi connectivity index (χ1v) is 9.11. The van der Waals surface area contributed by atoms with Crippen LogP contribution in [0.3, 0.4) is 0 Å². The van der Waals surface area contributed by atoms with Gasteiger partial charge in [-0.1, -0.05) is 61.9 Å². The van der Waals surface area contributed by atoms with Gasteiger partial charge in [0.25, 0.3) is 0 Å². The highest BCUT2D eigenvalue weighted by Gasteiger charge is 2.22. The van der Waals surface area contributed by atoms with Crippen molar-refractivity contribution in [2.24, 2.45) is 5.92 Å². The number of nitrogens with one attached hydrogen (secondary N) is 2. The van der Waals surface area contributed by atoms with E-state index in [4.69, 9.17) is 0 Å². The van der Waals surface area contributed by atoms with Gasteiger partial charge in [0.2, 0.25) is 11.1 Å². The number of hydrogen-bond acceptors (Lipinski definition) is 4. The Morgan fingerprint density at radius 1 is 1.30 bits per heavy atom. The van der Waals surface area contributed by atoms with Gasteiger partial charge in [0, 0.05) is 11.6 Å². The Morgan fingerprint density at radius 3 is 2.87 bits per heavy atom. The van der Waals surface area contributed by atoms with Crippen LogP contribution in [0.15, 0.2) is 35.5 Å². The predicted octanol–water partition coefficient (Wildman–Crippen LogP) is 3.26. The minimum atomic E-state index is 0.0693. The fraction of sp³-hybridized carbons (Fsp3) is 0.471. The summed E-state index contributed by atoms with van der Waals surface area (Å²) in [4.78, 5) is 16.5. The summed E-state index contributed by atoms with van der Waals surface area (Å²) in [5.41, 5.74) is 0.993. The summed E-state index contributed by atoms with van der Waals surface area (Å²) < 4.78 is 0. The molecule has 2 atom stereocenters. The lowest BCUT2D eigenvalue weighted by Crippen LogP contribution is -2.41. The third-order valence-corrected chi connectivity index (χ3v) is 5.15. The normalized spacial score (nSPS) is 21.1. The second-order valence-corrected chi connectivity index (χ2v) is 7.00. The highest BCUT2D eigenvalue weighted by atomic mass is 32.2. The Labute approximate surface area is 140 Å². The molecule has 1 aliphatic rings. The van der Waals surface area contributed by atoms with Crippen LogP contribution in [0.5, 0.6) is 0 Å². The van der Waals surface area contributed by atoms with E-state index >= 15 is 0 Å². The Hall–Kier alpha value is -1.82. The van der Waals surface area contributed by atoms with Gasteiger partial charge in [-0.2, -0.15) is 0 Å². The van der Waals surface area contributed by atoms with Gasteiger partial charge in [-0.05, 0) is 18.8 Å². The molecule has 1 heterocycles. The van der Waals surface area contributed by atoms with E-state index in [2.05, 4.69) is 27.4 Å². The van der Waals surface area contributed by atoms with Gasteiger partial charge >= 0.3 is 0 Å². The SMILES string of the molecule is C[C@H]1CCCC[C@@H]1NC(=O)CSc1n[nH]c(-c2ccccc2)n1. The largest absolute Gasteiger partial charge is 0.352 e. The summed E-state index contributed by atoms with van der Waals surface area (Å²) in [7, 11) is 0. The summed E-state index contributed by atoms with van der Waals surface area (Å²) in [6.45, 7) is 2.22. The maximum Gasteiger partial charge on any atom is 0.230 e. The molecule has 1 amide bonds. The van der Waals surface area contributed by atoms with Gasteiger partial charge in [0.05, 0.1) is 5.75 Å². The van der Waals surface area contributed by atoms with E-state index in [-0.39, 0.29) is 5.91 Å². The first kappa shape index (κ1) is 16.1. The highest BCUT2D eigenvalue weighted by Crippen LogP contribution is 2.24. The molecule has 1 aliphatic carbocycles. The second kappa shape index (κ2) is 7.64. The zero-order valence-electron chi connectivity index (χ0n) is 13.3. The van der Waals surface area contributed by atoms with Crippen molar-refractivity contribution in [3.8, 4) is 11.4 Å². The standard InChI is InChI=1S/C17H22N4OS/c1-12-7-5-6-10-14(12)18-15(22)11-23-17-19-16(20-21-17)13-8-3-2-4-9-13/h2-4,8-9,12,14H,5-7,10-11H2,1H3,(H,18,22)(H,19,20,21)/t12-,14-/m0/s1. The molecule has 0 radical (unpaired) electrons. The highest BCUT2D eigenvalue weighted by molar-refractivity contribution is 7.99. The van der Waals surface area contributed by atoms with Gasteiger partial charge in [0.1, 0.15) is 0 Å². The molecule has 2 aromatic rings. The number of thioether (sulfide) groups is 1. The average molecular weight is 330 g/mol. The summed E-state index contributed by atoms with van der Waals surface area (Å²) in [5, 5.41) is 10.9. The molecule has 5 nitrogen and oxygen atoms in total. The van der Waals surface area contributed by atoms with Crippen LogP contribution in [0.1, 0.15) is 32.6 Å². The number of rotatable bonds is 5. The van der Waals surface area contributed by atoms with E-state index in [1.807, 2.05) is 30.3 Å². The van der Waals surface area contributed by atoms with Crippen molar-refractivity contribution in [3.63, 3.8) is 0 Å². The number of carbonyl (C=O) groups is 1. The Balaban J connectivity index is 1.50. The van der Waals surface area contributed by atoms with E-state index in [9.17, 15) is 4.79 Å². The number of amides is 1. The second-order valence-electron chi connectivity index (χ2n) is 6.06. The fourth-order valence-electron chi connectivity index (χ4n) is 2.95. The van der Waals surface area contributed by atoms with Crippen LogP contribution in [0.2, 0.25) is 0 Å². The third-order valence-electron chi connectivity index (χ3n) is 4.30. The third kappa shape index (κ3) is 4.34. The van der Waals surface area contributed by atoms with Gasteiger partial charge in [0.15, 0.2) is 5.82 Å². The molecular weight excluding hydrogens is 308 g/mol. The lowest BCUT2D eigenvalue weighted by molar-refractivity contribution is -0.119. The smallest absolute Gasteiger partial charge is 0.230 e. The first-order valence-electron chi connectivity index (χ1n) is 8.12. The van der Waals surface area contributed by atoms with Gasteiger partial charge in [-0.25, -0.2) is 4.98 Å². The average Bonchev–Trinajstić information content (AvgIpc) is 3.05. The van der Waals surface area contributed by atoms with Crippen LogP contribution in [-0.2, 0) is 4.79 Å². The molecule has 2 N–H and O–H groups in total.